The van der Waals surface area contributed by atoms with Gasteiger partial charge in [0.1, 0.15) is 13.2 Å². The third-order valence-corrected chi connectivity index (χ3v) is 5.03. The molecule has 1 amide bonds. The van der Waals surface area contributed by atoms with Gasteiger partial charge >= 0.3 is 0 Å². The summed E-state index contributed by atoms with van der Waals surface area (Å²) in [6.45, 7) is 5.60. The van der Waals surface area contributed by atoms with Crippen LogP contribution < -0.4 is 9.47 Å². The first-order chi connectivity index (χ1) is 12.1. The Hall–Kier alpha value is -1.83. The van der Waals surface area contributed by atoms with E-state index in [2.05, 4.69) is 4.90 Å². The van der Waals surface area contributed by atoms with Crippen LogP contribution in [-0.4, -0.2) is 85.6 Å². The number of likely N-dealkylation sites (tertiary alicyclic amines) is 1. The Bertz CT molecular complexity index is 646. The summed E-state index contributed by atoms with van der Waals surface area (Å²) in [7, 11) is 0. The number of morpholine rings is 1. The summed E-state index contributed by atoms with van der Waals surface area (Å²) in [4.78, 5) is 16.7. The molecule has 0 aromatic heterocycles. The van der Waals surface area contributed by atoms with Gasteiger partial charge in [0.25, 0.3) is 5.91 Å². The highest BCUT2D eigenvalue weighted by atomic mass is 16.6. The van der Waals surface area contributed by atoms with Gasteiger partial charge in [0, 0.05) is 31.7 Å². The molecule has 1 aromatic carbocycles. The minimum absolute atomic E-state index is 0.0742. The molecule has 1 atom stereocenters. The Kier molecular flexibility index (Phi) is 4.54. The van der Waals surface area contributed by atoms with Gasteiger partial charge in [-0.3, -0.25) is 9.69 Å². The second-order valence-corrected chi connectivity index (χ2v) is 6.95. The van der Waals surface area contributed by atoms with Crippen LogP contribution >= 0.6 is 0 Å². The summed E-state index contributed by atoms with van der Waals surface area (Å²) in [6, 6.07) is 5.27. The highest BCUT2D eigenvalue weighted by molar-refractivity contribution is 5.95. The van der Waals surface area contributed by atoms with Crippen molar-refractivity contribution in [1.29, 1.82) is 0 Å². The van der Waals surface area contributed by atoms with Gasteiger partial charge in [0.2, 0.25) is 0 Å². The number of amides is 1. The van der Waals surface area contributed by atoms with Crippen molar-refractivity contribution in [3.63, 3.8) is 0 Å². The molecule has 25 heavy (non-hydrogen) atoms. The van der Waals surface area contributed by atoms with Crippen molar-refractivity contribution in [2.24, 2.45) is 0 Å². The normalized spacial score (nSPS) is 26.7. The van der Waals surface area contributed by atoms with E-state index in [1.54, 1.807) is 23.1 Å². The molecule has 2 fully saturated rings. The van der Waals surface area contributed by atoms with Crippen molar-refractivity contribution < 1.29 is 24.1 Å². The molecular formula is C18H24N2O5. The van der Waals surface area contributed by atoms with Crippen LogP contribution in [0.2, 0.25) is 0 Å². The second kappa shape index (κ2) is 6.82. The fraction of sp³-hybridized carbons (Fsp3) is 0.611. The van der Waals surface area contributed by atoms with Gasteiger partial charge in [0.05, 0.1) is 25.4 Å². The topological polar surface area (TPSA) is 71.5 Å². The molecule has 0 spiro atoms. The highest BCUT2D eigenvalue weighted by Gasteiger charge is 2.40. The molecule has 1 aromatic rings. The minimum atomic E-state index is -0.846. The van der Waals surface area contributed by atoms with E-state index in [0.29, 0.717) is 69.5 Å². The number of benzene rings is 1. The van der Waals surface area contributed by atoms with Gasteiger partial charge in [-0.05, 0) is 24.6 Å². The molecule has 4 rings (SSSR count). The number of hydrogen-bond donors (Lipinski definition) is 1. The van der Waals surface area contributed by atoms with E-state index in [4.69, 9.17) is 14.2 Å². The lowest BCUT2D eigenvalue weighted by molar-refractivity contribution is -0.0257. The van der Waals surface area contributed by atoms with Gasteiger partial charge in [-0.25, -0.2) is 0 Å². The van der Waals surface area contributed by atoms with E-state index in [-0.39, 0.29) is 5.91 Å². The maximum atomic E-state index is 12.8. The van der Waals surface area contributed by atoms with Gasteiger partial charge in [0.15, 0.2) is 11.5 Å². The largest absolute Gasteiger partial charge is 0.486 e. The second-order valence-electron chi connectivity index (χ2n) is 6.95. The Morgan fingerprint density at radius 2 is 1.84 bits per heavy atom. The number of nitrogens with zero attached hydrogens (tertiary/aromatic N) is 2. The summed E-state index contributed by atoms with van der Waals surface area (Å²) >= 11 is 0. The smallest absolute Gasteiger partial charge is 0.254 e. The Balaban J connectivity index is 1.41. The zero-order valence-corrected chi connectivity index (χ0v) is 14.3. The van der Waals surface area contributed by atoms with Crippen molar-refractivity contribution in [2.75, 3.05) is 59.2 Å². The zero-order valence-electron chi connectivity index (χ0n) is 14.3. The lowest BCUT2D eigenvalue weighted by Crippen LogP contribution is -2.49. The Morgan fingerprint density at radius 1 is 1.08 bits per heavy atom. The number of fused-ring (bicyclic) bond motifs is 1. The van der Waals surface area contributed by atoms with Crippen molar-refractivity contribution in [3.05, 3.63) is 23.8 Å². The molecule has 3 aliphatic heterocycles. The monoisotopic (exact) mass is 348 g/mol. The van der Waals surface area contributed by atoms with E-state index in [0.717, 1.165) is 13.1 Å². The van der Waals surface area contributed by atoms with Gasteiger partial charge < -0.3 is 24.2 Å². The number of β-amino-alcohol motifs (C(OH)–C–C–N with tert-alkyl or cyclic N) is 1. The predicted molar refractivity (Wildman–Crippen MR) is 90.2 cm³/mol. The number of carbonyl (C=O) groups is 1. The first-order valence-electron chi connectivity index (χ1n) is 8.84. The van der Waals surface area contributed by atoms with Crippen LogP contribution in [0.1, 0.15) is 16.8 Å². The van der Waals surface area contributed by atoms with Gasteiger partial charge in [-0.2, -0.15) is 0 Å². The maximum Gasteiger partial charge on any atom is 0.254 e. The number of hydrogen-bond acceptors (Lipinski definition) is 6. The van der Waals surface area contributed by atoms with Crippen LogP contribution in [0.25, 0.3) is 0 Å². The Labute approximate surface area is 147 Å². The maximum absolute atomic E-state index is 12.8. The molecule has 0 aliphatic carbocycles. The van der Waals surface area contributed by atoms with Crippen molar-refractivity contribution in [3.8, 4) is 11.5 Å². The molecule has 0 saturated carbocycles. The van der Waals surface area contributed by atoms with Crippen LogP contribution in [0.3, 0.4) is 0 Å². The van der Waals surface area contributed by atoms with E-state index < -0.39 is 5.60 Å². The lowest BCUT2D eigenvalue weighted by Gasteiger charge is -2.33. The average molecular weight is 348 g/mol. The lowest BCUT2D eigenvalue weighted by atomic mass is 10.0. The molecule has 7 nitrogen and oxygen atoms in total. The fourth-order valence-corrected chi connectivity index (χ4v) is 3.69. The van der Waals surface area contributed by atoms with Crippen molar-refractivity contribution in [2.45, 2.75) is 12.0 Å². The van der Waals surface area contributed by atoms with E-state index in [1.807, 2.05) is 0 Å². The SMILES string of the molecule is O=C(c1ccc2c(c1)OCCO2)N1CCC(O)(CN2CCOCC2)C1. The average Bonchev–Trinajstić information content (AvgIpc) is 3.03. The molecular weight excluding hydrogens is 324 g/mol. The van der Waals surface area contributed by atoms with Crippen LogP contribution in [0.15, 0.2) is 18.2 Å². The molecule has 0 radical (unpaired) electrons. The number of aliphatic hydroxyl groups is 1. The highest BCUT2D eigenvalue weighted by Crippen LogP contribution is 2.32. The minimum Gasteiger partial charge on any atom is -0.486 e. The van der Waals surface area contributed by atoms with Crippen LogP contribution in [0.4, 0.5) is 0 Å². The summed E-state index contributed by atoms with van der Waals surface area (Å²) in [5.41, 5.74) is -0.277. The molecule has 3 heterocycles. The number of ether oxygens (including phenoxy) is 3. The van der Waals surface area contributed by atoms with E-state index in [9.17, 15) is 9.90 Å². The Morgan fingerprint density at radius 3 is 2.64 bits per heavy atom. The first kappa shape index (κ1) is 16.6. The van der Waals surface area contributed by atoms with E-state index >= 15 is 0 Å². The van der Waals surface area contributed by atoms with E-state index in [1.165, 1.54) is 0 Å². The summed E-state index contributed by atoms with van der Waals surface area (Å²) in [5, 5.41) is 10.9. The zero-order chi connectivity index (χ0) is 17.3. The molecule has 1 unspecified atom stereocenters. The molecule has 1 N–H and O–H groups in total. The van der Waals surface area contributed by atoms with Crippen molar-refractivity contribution in [1.82, 2.24) is 9.80 Å². The fourth-order valence-electron chi connectivity index (χ4n) is 3.69. The number of rotatable bonds is 3. The molecule has 7 heteroatoms. The van der Waals surface area contributed by atoms with Gasteiger partial charge in [-0.1, -0.05) is 0 Å². The molecule has 0 bridgehead atoms. The summed E-state index contributed by atoms with van der Waals surface area (Å²) < 4.78 is 16.4. The quantitative estimate of drug-likeness (QED) is 0.851. The molecule has 136 valence electrons. The van der Waals surface area contributed by atoms with Crippen LogP contribution in [0.5, 0.6) is 11.5 Å². The predicted octanol–water partition coefficient (Wildman–Crippen LogP) is 0.367. The standard InChI is InChI=1S/C18H24N2O5/c21-17(14-1-2-15-16(11-14)25-10-9-24-15)20-4-3-18(22,13-20)12-19-5-7-23-8-6-19/h1-2,11,22H,3-10,12-13H2. The summed E-state index contributed by atoms with van der Waals surface area (Å²) in [6.07, 6.45) is 0.598. The third kappa shape index (κ3) is 3.58. The van der Waals surface area contributed by atoms with Crippen molar-refractivity contribution >= 4 is 5.91 Å². The van der Waals surface area contributed by atoms with Crippen LogP contribution in [0, 0.1) is 0 Å². The third-order valence-electron chi connectivity index (χ3n) is 5.03. The summed E-state index contributed by atoms with van der Waals surface area (Å²) in [5.74, 6) is 1.21. The molecule has 3 aliphatic rings. The first-order valence-corrected chi connectivity index (χ1v) is 8.84. The van der Waals surface area contributed by atoms with Crippen LogP contribution in [-0.2, 0) is 4.74 Å². The number of carbonyl (C=O) groups excluding carboxylic acids is 1. The van der Waals surface area contributed by atoms with Gasteiger partial charge in [-0.15, -0.1) is 0 Å². The molecule has 2 saturated heterocycles.